The van der Waals surface area contributed by atoms with E-state index in [0.29, 0.717) is 10.6 Å². The maximum atomic E-state index is 12.6. The van der Waals surface area contributed by atoms with Crippen molar-refractivity contribution in [2.45, 2.75) is 63.2 Å². The summed E-state index contributed by atoms with van der Waals surface area (Å²) in [5, 5.41) is 12.8. The van der Waals surface area contributed by atoms with Gasteiger partial charge in [-0.05, 0) is 81.3 Å². The second kappa shape index (κ2) is 8.58. The molecule has 0 fully saturated rings. The average molecular weight is 380 g/mol. The van der Waals surface area contributed by atoms with Gasteiger partial charge in [0.2, 0.25) is 5.91 Å². The minimum Gasteiger partial charge on any atom is -0.325 e. The Bertz CT molecular complexity index is 901. The number of amides is 1. The van der Waals surface area contributed by atoms with E-state index >= 15 is 0 Å². The molecule has 0 spiro atoms. The molecule has 1 amide bonds. The van der Waals surface area contributed by atoms with Crippen molar-refractivity contribution in [1.29, 1.82) is 5.26 Å². The number of carbonyl (C=O) groups excluding carboxylic acids is 1. The molecule has 4 nitrogen and oxygen atoms in total. The van der Waals surface area contributed by atoms with Gasteiger partial charge >= 0.3 is 0 Å². The van der Waals surface area contributed by atoms with Gasteiger partial charge in [0, 0.05) is 11.4 Å². The third-order valence-corrected chi connectivity index (χ3v) is 6.17. The lowest BCUT2D eigenvalue weighted by Gasteiger charge is -2.15. The van der Waals surface area contributed by atoms with Crippen molar-refractivity contribution in [3.8, 4) is 6.07 Å². The van der Waals surface area contributed by atoms with Gasteiger partial charge in [-0.15, -0.1) is 0 Å². The Morgan fingerprint density at radius 2 is 1.96 bits per heavy atom. The highest BCUT2D eigenvalue weighted by atomic mass is 32.2. The lowest BCUT2D eigenvalue weighted by Crippen LogP contribution is -2.22. The molecule has 140 valence electrons. The molecule has 2 aromatic rings. The minimum absolute atomic E-state index is 0.0797. The summed E-state index contributed by atoms with van der Waals surface area (Å²) in [7, 11) is 0. The molecule has 27 heavy (non-hydrogen) atoms. The zero-order valence-electron chi connectivity index (χ0n) is 16.1. The Kier molecular flexibility index (Phi) is 6.18. The van der Waals surface area contributed by atoms with Gasteiger partial charge in [-0.3, -0.25) is 4.79 Å². The van der Waals surface area contributed by atoms with Crippen LogP contribution in [-0.4, -0.2) is 16.1 Å². The number of fused-ring (bicyclic) bond motifs is 1. The number of hydrogen-bond acceptors (Lipinski definition) is 4. The van der Waals surface area contributed by atoms with Crippen molar-refractivity contribution in [3.05, 3.63) is 52.2 Å². The summed E-state index contributed by atoms with van der Waals surface area (Å²) in [4.78, 5) is 17.4. The van der Waals surface area contributed by atoms with Gasteiger partial charge in [-0.1, -0.05) is 24.2 Å². The number of pyridine rings is 1. The van der Waals surface area contributed by atoms with E-state index in [2.05, 4.69) is 11.4 Å². The number of rotatable bonds is 4. The molecule has 5 heteroatoms. The van der Waals surface area contributed by atoms with Crippen LogP contribution in [0.2, 0.25) is 0 Å². The largest absolute Gasteiger partial charge is 0.325 e. The molecule has 1 aromatic carbocycles. The van der Waals surface area contributed by atoms with Crippen molar-refractivity contribution in [2.75, 3.05) is 5.32 Å². The van der Waals surface area contributed by atoms with Gasteiger partial charge in [-0.2, -0.15) is 5.26 Å². The lowest BCUT2D eigenvalue weighted by molar-refractivity contribution is -0.115. The molecule has 0 aliphatic heterocycles. The maximum absolute atomic E-state index is 12.6. The summed E-state index contributed by atoms with van der Waals surface area (Å²) in [6.45, 7) is 5.93. The molecular formula is C22H25N3OS. The third-order valence-electron chi connectivity index (χ3n) is 5.07. The SMILES string of the molecule is Cc1ccc(NC(=O)C(C)Sc2nc3c(cc2C#N)CCCCC3)cc1C. The topological polar surface area (TPSA) is 65.8 Å². The molecule has 1 atom stereocenters. The van der Waals surface area contributed by atoms with Crippen molar-refractivity contribution in [3.63, 3.8) is 0 Å². The van der Waals surface area contributed by atoms with Crippen LogP contribution in [0.5, 0.6) is 0 Å². The first kappa shape index (κ1) is 19.4. The summed E-state index contributed by atoms with van der Waals surface area (Å²) >= 11 is 1.36. The molecule has 1 N–H and O–H groups in total. The summed E-state index contributed by atoms with van der Waals surface area (Å²) in [5.74, 6) is -0.0797. The van der Waals surface area contributed by atoms with Crippen LogP contribution in [0.25, 0.3) is 0 Å². The van der Waals surface area contributed by atoms with Crippen LogP contribution < -0.4 is 5.32 Å². The maximum Gasteiger partial charge on any atom is 0.237 e. The number of benzene rings is 1. The van der Waals surface area contributed by atoms with Gasteiger partial charge in [0.25, 0.3) is 0 Å². The van der Waals surface area contributed by atoms with E-state index in [-0.39, 0.29) is 11.2 Å². The average Bonchev–Trinajstić information content (AvgIpc) is 2.88. The van der Waals surface area contributed by atoms with E-state index in [1.54, 1.807) is 0 Å². The van der Waals surface area contributed by atoms with Crippen LogP contribution >= 0.6 is 11.8 Å². The van der Waals surface area contributed by atoms with E-state index in [1.165, 1.54) is 29.3 Å². The van der Waals surface area contributed by atoms with Crippen LogP contribution in [0, 0.1) is 25.2 Å². The van der Waals surface area contributed by atoms with Gasteiger partial charge in [-0.25, -0.2) is 4.98 Å². The predicted molar refractivity (Wildman–Crippen MR) is 110 cm³/mol. The smallest absolute Gasteiger partial charge is 0.237 e. The molecule has 0 saturated heterocycles. The Morgan fingerprint density at radius 3 is 2.70 bits per heavy atom. The van der Waals surface area contributed by atoms with Crippen LogP contribution in [0.4, 0.5) is 5.69 Å². The molecule has 0 bridgehead atoms. The summed E-state index contributed by atoms with van der Waals surface area (Å²) in [6, 6.07) is 10.1. The number of thioether (sulfide) groups is 1. The van der Waals surface area contributed by atoms with Crippen molar-refractivity contribution < 1.29 is 4.79 Å². The fourth-order valence-corrected chi connectivity index (χ4v) is 4.14. The highest BCUT2D eigenvalue weighted by Gasteiger charge is 2.20. The van der Waals surface area contributed by atoms with Crippen LogP contribution in [0.15, 0.2) is 29.3 Å². The zero-order chi connectivity index (χ0) is 19.4. The molecule has 1 heterocycles. The minimum atomic E-state index is -0.338. The second-order valence-corrected chi connectivity index (χ2v) is 8.50. The second-order valence-electron chi connectivity index (χ2n) is 7.17. The molecule has 1 aromatic heterocycles. The lowest BCUT2D eigenvalue weighted by atomic mass is 10.1. The number of aromatic nitrogens is 1. The normalized spacial score (nSPS) is 14.6. The number of carbonyl (C=O) groups is 1. The number of nitriles is 1. The van der Waals surface area contributed by atoms with E-state index in [9.17, 15) is 10.1 Å². The van der Waals surface area contributed by atoms with Crippen molar-refractivity contribution >= 4 is 23.4 Å². The van der Waals surface area contributed by atoms with E-state index < -0.39 is 0 Å². The van der Waals surface area contributed by atoms with Gasteiger partial charge in [0.15, 0.2) is 0 Å². The highest BCUT2D eigenvalue weighted by Crippen LogP contribution is 2.30. The fraction of sp³-hybridized carbons (Fsp3) is 0.409. The highest BCUT2D eigenvalue weighted by molar-refractivity contribution is 8.00. The molecule has 3 rings (SSSR count). The fourth-order valence-electron chi connectivity index (χ4n) is 3.25. The summed E-state index contributed by atoms with van der Waals surface area (Å²) in [6.07, 6.45) is 5.44. The number of nitrogens with zero attached hydrogens (tertiary/aromatic N) is 2. The first-order valence-corrected chi connectivity index (χ1v) is 10.3. The monoisotopic (exact) mass is 379 g/mol. The molecule has 1 unspecified atom stereocenters. The number of hydrogen-bond donors (Lipinski definition) is 1. The quantitative estimate of drug-likeness (QED) is 0.602. The van der Waals surface area contributed by atoms with Gasteiger partial charge < -0.3 is 5.32 Å². The predicted octanol–water partition coefficient (Wildman–Crippen LogP) is 4.96. The van der Waals surface area contributed by atoms with Crippen molar-refractivity contribution in [2.24, 2.45) is 0 Å². The molecule has 0 radical (unpaired) electrons. The Hall–Kier alpha value is -2.32. The first-order valence-electron chi connectivity index (χ1n) is 9.45. The van der Waals surface area contributed by atoms with Crippen LogP contribution in [0.3, 0.4) is 0 Å². The van der Waals surface area contributed by atoms with E-state index in [0.717, 1.165) is 42.6 Å². The standard InChI is InChI=1S/C22H25N3OS/c1-14-9-10-19(11-15(14)2)24-21(26)16(3)27-22-18(13-23)12-17-7-5-4-6-8-20(17)25-22/h9-12,16H,4-8H2,1-3H3,(H,24,26). The number of nitrogens with one attached hydrogen (secondary N) is 1. The van der Waals surface area contributed by atoms with Crippen molar-refractivity contribution in [1.82, 2.24) is 4.98 Å². The molecule has 1 aliphatic rings. The summed E-state index contributed by atoms with van der Waals surface area (Å²) in [5.41, 5.74) is 6.00. The Balaban J connectivity index is 1.75. The Morgan fingerprint density at radius 1 is 1.19 bits per heavy atom. The first-order chi connectivity index (χ1) is 13.0. The van der Waals surface area contributed by atoms with Gasteiger partial charge in [0.05, 0.1) is 10.8 Å². The molecule has 1 aliphatic carbocycles. The third kappa shape index (κ3) is 4.70. The van der Waals surface area contributed by atoms with E-state index in [1.807, 2.05) is 45.0 Å². The van der Waals surface area contributed by atoms with Crippen LogP contribution in [0.1, 0.15) is 54.1 Å². The summed E-state index contributed by atoms with van der Waals surface area (Å²) < 4.78 is 0. The Labute approximate surface area is 165 Å². The van der Waals surface area contributed by atoms with E-state index in [4.69, 9.17) is 4.98 Å². The number of aryl methyl sites for hydroxylation is 4. The number of anilines is 1. The van der Waals surface area contributed by atoms with Gasteiger partial charge in [0.1, 0.15) is 11.1 Å². The molecular weight excluding hydrogens is 354 g/mol. The molecule has 0 saturated carbocycles. The zero-order valence-corrected chi connectivity index (χ0v) is 16.9. The van der Waals surface area contributed by atoms with Crippen LogP contribution in [-0.2, 0) is 17.6 Å².